The monoisotopic (exact) mass is 229 g/mol. The smallest absolute Gasteiger partial charge is 0.283 e. The largest absolute Gasteiger partial charge is 0.507 e. The van der Waals surface area contributed by atoms with Crippen LogP contribution >= 0.6 is 0 Å². The first-order valence-electron chi connectivity index (χ1n) is 4.50. The molecule has 0 amide bonds. The lowest BCUT2D eigenvalue weighted by Crippen LogP contribution is -1.98. The van der Waals surface area contributed by atoms with E-state index in [4.69, 9.17) is 0 Å². The lowest BCUT2D eigenvalue weighted by Gasteiger charge is -2.03. The van der Waals surface area contributed by atoms with Crippen LogP contribution in [0.15, 0.2) is 18.2 Å². The summed E-state index contributed by atoms with van der Waals surface area (Å²) in [5.41, 5.74) is -0.994. The van der Waals surface area contributed by atoms with Crippen molar-refractivity contribution in [2.75, 3.05) is 0 Å². The van der Waals surface area contributed by atoms with Crippen LogP contribution in [0.5, 0.6) is 0 Å². The topological polar surface area (TPSA) is 63.4 Å². The Hall–Kier alpha value is -1.98. The van der Waals surface area contributed by atoms with Crippen molar-refractivity contribution in [1.29, 1.82) is 0 Å². The Morgan fingerprint density at radius 3 is 2.56 bits per heavy atom. The average molecular weight is 229 g/mol. The third kappa shape index (κ3) is 2.33. The second kappa shape index (κ2) is 4.69. The molecular weight excluding hydrogens is 220 g/mol. The van der Waals surface area contributed by atoms with E-state index in [1.165, 1.54) is 6.08 Å². The van der Waals surface area contributed by atoms with E-state index in [0.29, 0.717) is 18.6 Å². The van der Waals surface area contributed by atoms with Crippen molar-refractivity contribution in [2.24, 2.45) is 0 Å². The van der Waals surface area contributed by atoms with Crippen molar-refractivity contribution in [3.63, 3.8) is 0 Å². The van der Waals surface area contributed by atoms with Crippen LogP contribution in [0.4, 0.5) is 14.5 Å². The highest BCUT2D eigenvalue weighted by Crippen LogP contribution is 2.27. The number of aliphatic hydroxyl groups excluding tert-OH is 1. The van der Waals surface area contributed by atoms with Gasteiger partial charge in [-0.1, -0.05) is 6.92 Å². The molecule has 0 bridgehead atoms. The van der Waals surface area contributed by atoms with Gasteiger partial charge in [0.05, 0.1) is 16.6 Å². The van der Waals surface area contributed by atoms with Crippen LogP contribution in [-0.2, 0) is 0 Å². The fraction of sp³-hybridized carbons (Fsp3) is 0.200. The Balaban J connectivity index is 3.42. The molecule has 4 nitrogen and oxygen atoms in total. The fourth-order valence-corrected chi connectivity index (χ4v) is 1.20. The zero-order valence-corrected chi connectivity index (χ0v) is 8.41. The SMILES string of the molecule is CC/C=C(/O)c1cc(F)c(F)cc1[N+](=O)[O-]. The van der Waals surface area contributed by atoms with E-state index in [0.717, 1.165) is 0 Å². The summed E-state index contributed by atoms with van der Waals surface area (Å²) >= 11 is 0. The van der Waals surface area contributed by atoms with Gasteiger partial charge in [0.25, 0.3) is 5.69 Å². The van der Waals surface area contributed by atoms with Gasteiger partial charge in [0.2, 0.25) is 0 Å². The Morgan fingerprint density at radius 1 is 1.50 bits per heavy atom. The van der Waals surface area contributed by atoms with Crippen LogP contribution in [0.25, 0.3) is 5.76 Å². The quantitative estimate of drug-likeness (QED) is 0.491. The molecule has 86 valence electrons. The summed E-state index contributed by atoms with van der Waals surface area (Å²) in [4.78, 5) is 9.69. The second-order valence-electron chi connectivity index (χ2n) is 3.04. The van der Waals surface area contributed by atoms with Gasteiger partial charge < -0.3 is 5.11 Å². The molecule has 6 heteroatoms. The minimum absolute atomic E-state index is 0.328. The van der Waals surface area contributed by atoms with E-state index in [2.05, 4.69) is 0 Å². The Kier molecular flexibility index (Phi) is 3.55. The van der Waals surface area contributed by atoms with E-state index in [1.807, 2.05) is 0 Å². The molecule has 0 unspecified atom stereocenters. The number of hydrogen-bond donors (Lipinski definition) is 1. The maximum Gasteiger partial charge on any atom is 0.283 e. The molecule has 1 rings (SSSR count). The highest BCUT2D eigenvalue weighted by molar-refractivity contribution is 5.67. The van der Waals surface area contributed by atoms with Crippen LogP contribution in [0.1, 0.15) is 18.9 Å². The number of rotatable bonds is 3. The van der Waals surface area contributed by atoms with E-state index >= 15 is 0 Å². The Bertz CT molecular complexity index is 458. The highest BCUT2D eigenvalue weighted by Gasteiger charge is 2.20. The number of benzene rings is 1. The molecule has 0 saturated heterocycles. The van der Waals surface area contributed by atoms with Crippen molar-refractivity contribution < 1.29 is 18.8 Å². The molecule has 1 aromatic carbocycles. The fourth-order valence-electron chi connectivity index (χ4n) is 1.20. The number of hydrogen-bond acceptors (Lipinski definition) is 3. The molecule has 0 fully saturated rings. The number of nitrogens with zero attached hydrogens (tertiary/aromatic N) is 1. The second-order valence-corrected chi connectivity index (χ2v) is 3.04. The molecule has 0 aliphatic rings. The minimum atomic E-state index is -1.32. The van der Waals surface area contributed by atoms with Crippen LogP contribution in [0, 0.1) is 21.7 Å². The lowest BCUT2D eigenvalue weighted by molar-refractivity contribution is -0.385. The molecule has 0 radical (unpaired) electrons. The first kappa shape index (κ1) is 12.1. The van der Waals surface area contributed by atoms with E-state index in [9.17, 15) is 24.0 Å². The van der Waals surface area contributed by atoms with E-state index < -0.39 is 28.0 Å². The third-order valence-electron chi connectivity index (χ3n) is 1.91. The van der Waals surface area contributed by atoms with Crippen LogP contribution in [0.3, 0.4) is 0 Å². The predicted molar refractivity (Wildman–Crippen MR) is 53.9 cm³/mol. The van der Waals surface area contributed by atoms with Crippen molar-refractivity contribution in [3.05, 3.63) is 45.5 Å². The van der Waals surface area contributed by atoms with Gasteiger partial charge in [-0.2, -0.15) is 0 Å². The molecule has 0 spiro atoms. The molecule has 16 heavy (non-hydrogen) atoms. The van der Waals surface area contributed by atoms with Gasteiger partial charge in [0, 0.05) is 0 Å². The Morgan fingerprint density at radius 2 is 2.06 bits per heavy atom. The zero-order chi connectivity index (χ0) is 12.3. The summed E-state index contributed by atoms with van der Waals surface area (Å²) in [5.74, 6) is -3.00. The normalized spacial score (nSPS) is 11.6. The number of nitro benzene ring substituents is 1. The zero-order valence-electron chi connectivity index (χ0n) is 8.41. The summed E-state index contributed by atoms with van der Waals surface area (Å²) in [6.07, 6.45) is 1.70. The third-order valence-corrected chi connectivity index (χ3v) is 1.91. The molecule has 1 N–H and O–H groups in total. The molecule has 0 aliphatic carbocycles. The van der Waals surface area contributed by atoms with Crippen LogP contribution < -0.4 is 0 Å². The first-order valence-corrected chi connectivity index (χ1v) is 4.50. The first-order chi connectivity index (χ1) is 7.47. The molecule has 0 saturated carbocycles. The molecule has 0 heterocycles. The predicted octanol–water partition coefficient (Wildman–Crippen LogP) is 3.18. The van der Waals surface area contributed by atoms with Gasteiger partial charge in [-0.15, -0.1) is 0 Å². The number of aliphatic hydroxyl groups is 1. The number of halogens is 2. The summed E-state index contributed by atoms with van der Waals surface area (Å²) in [6, 6.07) is 1.05. The lowest BCUT2D eigenvalue weighted by atomic mass is 10.1. The molecular formula is C10H9F2NO3. The van der Waals surface area contributed by atoms with Crippen molar-refractivity contribution in [3.8, 4) is 0 Å². The van der Waals surface area contributed by atoms with Gasteiger partial charge in [-0.3, -0.25) is 10.1 Å². The highest BCUT2D eigenvalue weighted by atomic mass is 19.2. The maximum absolute atomic E-state index is 12.9. The average Bonchev–Trinajstić information content (AvgIpc) is 2.21. The van der Waals surface area contributed by atoms with Crippen molar-refractivity contribution in [2.45, 2.75) is 13.3 Å². The summed E-state index contributed by atoms with van der Waals surface area (Å²) in [5, 5.41) is 20.0. The van der Waals surface area contributed by atoms with Crippen LogP contribution in [0.2, 0.25) is 0 Å². The standard InChI is InChI=1S/C10H9F2NO3/c1-2-3-10(14)6-4-7(11)8(12)5-9(6)13(15)16/h3-5,14H,2H2,1H3/b10-3+. The summed E-state index contributed by atoms with van der Waals surface area (Å²) in [6.45, 7) is 1.70. The number of allylic oxidation sites excluding steroid dienone is 1. The number of nitro groups is 1. The minimum Gasteiger partial charge on any atom is -0.507 e. The van der Waals surface area contributed by atoms with E-state index in [-0.39, 0.29) is 5.56 Å². The van der Waals surface area contributed by atoms with Gasteiger partial charge >= 0.3 is 0 Å². The van der Waals surface area contributed by atoms with Gasteiger partial charge in [0.15, 0.2) is 11.6 Å². The van der Waals surface area contributed by atoms with Crippen molar-refractivity contribution in [1.82, 2.24) is 0 Å². The Labute approximate surface area is 90.0 Å². The van der Waals surface area contributed by atoms with E-state index in [1.54, 1.807) is 6.92 Å². The van der Waals surface area contributed by atoms with Crippen molar-refractivity contribution >= 4 is 11.4 Å². The maximum atomic E-state index is 12.9. The molecule has 1 aromatic rings. The van der Waals surface area contributed by atoms with Gasteiger partial charge in [-0.25, -0.2) is 8.78 Å². The van der Waals surface area contributed by atoms with Gasteiger partial charge in [-0.05, 0) is 18.6 Å². The molecule has 0 atom stereocenters. The van der Waals surface area contributed by atoms with Crippen LogP contribution in [-0.4, -0.2) is 10.0 Å². The summed E-state index contributed by atoms with van der Waals surface area (Å²) < 4.78 is 25.7. The molecule has 0 aromatic heterocycles. The van der Waals surface area contributed by atoms with Gasteiger partial charge in [0.1, 0.15) is 5.76 Å². The molecule has 0 aliphatic heterocycles. The summed E-state index contributed by atoms with van der Waals surface area (Å²) in [7, 11) is 0.